The Morgan fingerprint density at radius 3 is 2.21 bits per heavy atom. The van der Waals surface area contributed by atoms with Crippen LogP contribution in [0, 0.1) is 11.8 Å². The van der Waals surface area contributed by atoms with Crippen molar-refractivity contribution in [3.8, 4) is 11.8 Å². The van der Waals surface area contributed by atoms with E-state index in [4.69, 9.17) is 9.94 Å². The number of ether oxygens (including phenoxy) is 1. The van der Waals surface area contributed by atoms with Gasteiger partial charge in [-0.2, -0.15) is 0 Å². The highest BCUT2D eigenvalue weighted by molar-refractivity contribution is 5.98. The molecule has 0 saturated carbocycles. The monoisotopic (exact) mass is 449 g/mol. The summed E-state index contributed by atoms with van der Waals surface area (Å²) in [4.78, 5) is 28.2. The van der Waals surface area contributed by atoms with E-state index in [9.17, 15) is 14.7 Å². The number of hydroxylamine groups is 1. The fourth-order valence-electron chi connectivity index (χ4n) is 4.08. The number of carbonyl (C=O) groups is 2. The SMILES string of the molecule is O=C(NO)[C@@H]1C[C@H](O)CN1C(=O)c1ccc(C#Cc2ccc(CN3CCOCC3)cc2)cc1. The molecule has 8 nitrogen and oxygen atoms in total. The number of rotatable bonds is 4. The predicted molar refractivity (Wildman–Crippen MR) is 120 cm³/mol. The van der Waals surface area contributed by atoms with Gasteiger partial charge in [0.15, 0.2) is 0 Å². The molecule has 2 aromatic carbocycles. The van der Waals surface area contributed by atoms with Gasteiger partial charge < -0.3 is 14.7 Å². The normalized spacial score (nSPS) is 20.7. The zero-order chi connectivity index (χ0) is 23.2. The van der Waals surface area contributed by atoms with Crippen LogP contribution in [0.2, 0.25) is 0 Å². The van der Waals surface area contributed by atoms with E-state index < -0.39 is 18.1 Å². The van der Waals surface area contributed by atoms with E-state index in [2.05, 4.69) is 28.9 Å². The van der Waals surface area contributed by atoms with Gasteiger partial charge in [0.1, 0.15) is 6.04 Å². The van der Waals surface area contributed by atoms with Crippen molar-refractivity contribution in [1.29, 1.82) is 0 Å². The summed E-state index contributed by atoms with van der Waals surface area (Å²) in [7, 11) is 0. The Morgan fingerprint density at radius 2 is 1.61 bits per heavy atom. The number of carbonyl (C=O) groups excluding carboxylic acids is 2. The molecule has 2 saturated heterocycles. The number of amides is 2. The number of β-amino-alcohol motifs (C(OH)–C–C–N with tert-alkyl or cyclic N) is 1. The van der Waals surface area contributed by atoms with Crippen LogP contribution in [0.15, 0.2) is 48.5 Å². The summed E-state index contributed by atoms with van der Waals surface area (Å²) in [5.41, 5.74) is 4.85. The molecule has 2 fully saturated rings. The van der Waals surface area contributed by atoms with E-state index in [1.807, 2.05) is 12.1 Å². The third kappa shape index (κ3) is 5.78. The predicted octanol–water partition coefficient (Wildman–Crippen LogP) is 0.999. The highest BCUT2D eigenvalue weighted by Crippen LogP contribution is 2.21. The van der Waals surface area contributed by atoms with Crippen LogP contribution < -0.4 is 5.48 Å². The Hall–Kier alpha value is -3.22. The summed E-state index contributed by atoms with van der Waals surface area (Å²) in [6.07, 6.45) is -0.714. The first-order valence-electron chi connectivity index (χ1n) is 11.0. The number of hydrogen-bond donors (Lipinski definition) is 3. The van der Waals surface area contributed by atoms with Crippen LogP contribution >= 0.6 is 0 Å². The molecule has 2 aliphatic heterocycles. The minimum Gasteiger partial charge on any atom is -0.391 e. The van der Waals surface area contributed by atoms with Gasteiger partial charge in [-0.15, -0.1) is 0 Å². The molecule has 33 heavy (non-hydrogen) atoms. The zero-order valence-corrected chi connectivity index (χ0v) is 18.2. The average molecular weight is 450 g/mol. The molecular formula is C25H27N3O5. The fourth-order valence-corrected chi connectivity index (χ4v) is 4.08. The maximum atomic E-state index is 12.8. The molecule has 0 bridgehead atoms. The summed E-state index contributed by atoms with van der Waals surface area (Å²) in [6.45, 7) is 4.42. The topological polar surface area (TPSA) is 102 Å². The molecule has 172 valence electrons. The molecule has 0 spiro atoms. The van der Waals surface area contributed by atoms with Crippen molar-refractivity contribution in [2.75, 3.05) is 32.8 Å². The Labute approximate surface area is 192 Å². The summed E-state index contributed by atoms with van der Waals surface area (Å²) in [5.74, 6) is 5.15. The smallest absolute Gasteiger partial charge is 0.266 e. The van der Waals surface area contributed by atoms with Crippen LogP contribution in [0.25, 0.3) is 0 Å². The van der Waals surface area contributed by atoms with Gasteiger partial charge in [-0.25, -0.2) is 5.48 Å². The Kier molecular flexibility index (Phi) is 7.37. The van der Waals surface area contributed by atoms with Crippen molar-refractivity contribution in [3.63, 3.8) is 0 Å². The van der Waals surface area contributed by atoms with E-state index >= 15 is 0 Å². The highest BCUT2D eigenvalue weighted by atomic mass is 16.5. The molecule has 8 heteroatoms. The lowest BCUT2D eigenvalue weighted by molar-refractivity contribution is -0.133. The number of likely N-dealkylation sites (tertiary alicyclic amines) is 1. The van der Waals surface area contributed by atoms with Crippen molar-refractivity contribution < 1.29 is 24.6 Å². The van der Waals surface area contributed by atoms with Crippen LogP contribution in [0.4, 0.5) is 0 Å². The summed E-state index contributed by atoms with van der Waals surface area (Å²) in [6, 6.07) is 14.1. The van der Waals surface area contributed by atoms with E-state index in [0.717, 1.165) is 44.0 Å². The van der Waals surface area contributed by atoms with E-state index in [1.54, 1.807) is 29.7 Å². The van der Waals surface area contributed by atoms with E-state index in [0.29, 0.717) is 5.56 Å². The van der Waals surface area contributed by atoms with Gasteiger partial charge in [0, 0.05) is 49.3 Å². The Morgan fingerprint density at radius 1 is 1.00 bits per heavy atom. The van der Waals surface area contributed by atoms with Gasteiger partial charge in [0.2, 0.25) is 0 Å². The molecular weight excluding hydrogens is 422 g/mol. The van der Waals surface area contributed by atoms with Crippen molar-refractivity contribution in [3.05, 3.63) is 70.8 Å². The lowest BCUT2D eigenvalue weighted by Gasteiger charge is -2.26. The van der Waals surface area contributed by atoms with Crippen molar-refractivity contribution >= 4 is 11.8 Å². The number of morpholine rings is 1. The first-order valence-corrected chi connectivity index (χ1v) is 11.0. The molecule has 0 aliphatic carbocycles. The van der Waals surface area contributed by atoms with Crippen molar-refractivity contribution in [2.45, 2.75) is 25.1 Å². The van der Waals surface area contributed by atoms with Gasteiger partial charge in [0.05, 0.1) is 19.3 Å². The lowest BCUT2D eigenvalue weighted by atomic mass is 10.1. The van der Waals surface area contributed by atoms with Gasteiger partial charge in [-0.1, -0.05) is 24.0 Å². The molecule has 0 radical (unpaired) electrons. The second-order valence-electron chi connectivity index (χ2n) is 8.25. The third-order valence-electron chi connectivity index (χ3n) is 5.90. The highest BCUT2D eigenvalue weighted by Gasteiger charge is 2.39. The summed E-state index contributed by atoms with van der Waals surface area (Å²) < 4.78 is 5.38. The second kappa shape index (κ2) is 10.6. The standard InChI is InChI=1S/C25H27N3O5/c29-22-15-23(24(30)26-32)28(17-22)25(31)21-9-7-19(8-10-21)2-1-18-3-5-20(6-4-18)16-27-11-13-33-14-12-27/h3-10,22-23,29,32H,11-17H2,(H,26,30)/t22-,23-/m0/s1. The second-order valence-corrected chi connectivity index (χ2v) is 8.25. The summed E-state index contributed by atoms with van der Waals surface area (Å²) in [5, 5.41) is 18.7. The van der Waals surface area contributed by atoms with Gasteiger partial charge in [-0.05, 0) is 42.0 Å². The van der Waals surface area contributed by atoms with Crippen LogP contribution in [0.5, 0.6) is 0 Å². The first-order chi connectivity index (χ1) is 16.0. The molecule has 0 aromatic heterocycles. The van der Waals surface area contributed by atoms with Crippen LogP contribution in [-0.4, -0.2) is 76.9 Å². The fraction of sp³-hybridized carbons (Fsp3) is 0.360. The molecule has 2 aliphatic rings. The quantitative estimate of drug-likeness (QED) is 0.366. The van der Waals surface area contributed by atoms with Gasteiger partial charge in [0.25, 0.3) is 11.8 Å². The molecule has 2 aromatic rings. The molecule has 2 amide bonds. The molecule has 2 heterocycles. The van der Waals surface area contributed by atoms with E-state index in [-0.39, 0.29) is 18.9 Å². The Balaban J connectivity index is 1.38. The molecule has 2 atom stereocenters. The largest absolute Gasteiger partial charge is 0.391 e. The third-order valence-corrected chi connectivity index (χ3v) is 5.90. The number of nitrogens with one attached hydrogen (secondary N) is 1. The van der Waals surface area contributed by atoms with Gasteiger partial charge >= 0.3 is 0 Å². The number of hydrogen-bond acceptors (Lipinski definition) is 6. The maximum Gasteiger partial charge on any atom is 0.266 e. The number of aliphatic hydroxyl groups excluding tert-OH is 1. The summed E-state index contributed by atoms with van der Waals surface area (Å²) >= 11 is 0. The van der Waals surface area contributed by atoms with E-state index in [1.165, 1.54) is 10.5 Å². The van der Waals surface area contributed by atoms with Crippen LogP contribution in [0.3, 0.4) is 0 Å². The van der Waals surface area contributed by atoms with Gasteiger partial charge in [-0.3, -0.25) is 19.7 Å². The maximum absolute atomic E-state index is 12.8. The molecule has 4 rings (SSSR count). The minimum atomic E-state index is -0.900. The number of benzene rings is 2. The minimum absolute atomic E-state index is 0.0417. The lowest BCUT2D eigenvalue weighted by Crippen LogP contribution is -2.45. The van der Waals surface area contributed by atoms with Crippen LogP contribution in [0.1, 0.15) is 33.5 Å². The number of nitrogens with zero attached hydrogens (tertiary/aromatic N) is 2. The molecule has 3 N–H and O–H groups in total. The van der Waals surface area contributed by atoms with Crippen LogP contribution in [-0.2, 0) is 16.1 Å². The number of aliphatic hydroxyl groups is 1. The first kappa shape index (κ1) is 23.0. The van der Waals surface area contributed by atoms with Crippen molar-refractivity contribution in [1.82, 2.24) is 15.3 Å². The van der Waals surface area contributed by atoms with Crippen molar-refractivity contribution in [2.24, 2.45) is 0 Å². The Bertz CT molecular complexity index is 1040. The molecule has 0 unspecified atom stereocenters. The average Bonchev–Trinajstić information content (AvgIpc) is 3.25. The zero-order valence-electron chi connectivity index (χ0n) is 18.2.